The Morgan fingerprint density at radius 1 is 1.00 bits per heavy atom. The Kier molecular flexibility index (Phi) is 4.51. The van der Waals surface area contributed by atoms with Crippen LogP contribution in [0.1, 0.15) is 50.5 Å². The Bertz CT molecular complexity index is 442. The van der Waals surface area contributed by atoms with Gasteiger partial charge in [-0.2, -0.15) is 0 Å². The Morgan fingerprint density at radius 3 is 2.60 bits per heavy atom. The first-order valence-corrected chi connectivity index (χ1v) is 8.15. The number of ketones is 1. The van der Waals surface area contributed by atoms with Gasteiger partial charge in [0.25, 0.3) is 0 Å². The van der Waals surface area contributed by atoms with E-state index in [4.69, 9.17) is 0 Å². The summed E-state index contributed by atoms with van der Waals surface area (Å²) in [6.45, 7) is 2.17. The first-order chi connectivity index (χ1) is 9.84. The van der Waals surface area contributed by atoms with E-state index in [0.29, 0.717) is 17.7 Å². The molecule has 2 aliphatic rings. The van der Waals surface area contributed by atoms with Crippen LogP contribution in [0.4, 0.5) is 0 Å². The number of likely N-dealkylation sites (tertiary alicyclic amines) is 1. The van der Waals surface area contributed by atoms with E-state index >= 15 is 0 Å². The molecule has 20 heavy (non-hydrogen) atoms. The van der Waals surface area contributed by atoms with Crippen LogP contribution in [0, 0.1) is 5.92 Å². The fourth-order valence-corrected chi connectivity index (χ4v) is 3.91. The van der Waals surface area contributed by atoms with E-state index < -0.39 is 0 Å². The number of hydrogen-bond acceptors (Lipinski definition) is 2. The summed E-state index contributed by atoms with van der Waals surface area (Å²) in [6, 6.07) is 11.2. The molecule has 1 heterocycles. The van der Waals surface area contributed by atoms with E-state index in [1.54, 1.807) is 0 Å². The summed E-state index contributed by atoms with van der Waals surface area (Å²) in [7, 11) is 0. The van der Waals surface area contributed by atoms with Crippen molar-refractivity contribution in [2.24, 2.45) is 5.92 Å². The van der Waals surface area contributed by atoms with E-state index in [1.165, 1.54) is 31.2 Å². The standard InChI is InChI=1S/C18H25NO/c20-18-12-7-10-16(18)17-11-5-2-6-13-19(17)14-15-8-3-1-4-9-15/h1,3-4,8-9,16-17H,2,5-7,10-14H2/t16-,17-/m1/s1. The van der Waals surface area contributed by atoms with Gasteiger partial charge < -0.3 is 0 Å². The fraction of sp³-hybridized carbons (Fsp3) is 0.611. The zero-order chi connectivity index (χ0) is 13.8. The highest BCUT2D eigenvalue weighted by molar-refractivity contribution is 5.83. The predicted octanol–water partition coefficient (Wildman–Crippen LogP) is 3.80. The smallest absolute Gasteiger partial charge is 0.137 e. The van der Waals surface area contributed by atoms with Gasteiger partial charge in [0.1, 0.15) is 5.78 Å². The minimum Gasteiger partial charge on any atom is -0.299 e. The van der Waals surface area contributed by atoms with Gasteiger partial charge in [0.05, 0.1) is 0 Å². The van der Waals surface area contributed by atoms with Crippen molar-refractivity contribution in [2.75, 3.05) is 6.54 Å². The molecule has 0 spiro atoms. The Morgan fingerprint density at radius 2 is 1.85 bits per heavy atom. The molecule has 1 aromatic carbocycles. The highest BCUT2D eigenvalue weighted by Gasteiger charge is 2.35. The Balaban J connectivity index is 1.75. The molecule has 2 nitrogen and oxygen atoms in total. The largest absolute Gasteiger partial charge is 0.299 e. The van der Waals surface area contributed by atoms with Crippen molar-refractivity contribution in [1.82, 2.24) is 4.90 Å². The predicted molar refractivity (Wildman–Crippen MR) is 81.5 cm³/mol. The van der Waals surface area contributed by atoms with Gasteiger partial charge in [0, 0.05) is 24.9 Å². The second kappa shape index (κ2) is 6.53. The monoisotopic (exact) mass is 271 g/mol. The van der Waals surface area contributed by atoms with Gasteiger partial charge in [-0.1, -0.05) is 43.2 Å². The third-order valence-electron chi connectivity index (χ3n) is 4.96. The van der Waals surface area contributed by atoms with Crippen molar-refractivity contribution in [2.45, 2.75) is 57.5 Å². The topological polar surface area (TPSA) is 20.3 Å². The normalized spacial score (nSPS) is 28.5. The van der Waals surface area contributed by atoms with Gasteiger partial charge >= 0.3 is 0 Å². The molecule has 0 bridgehead atoms. The average Bonchev–Trinajstić information content (AvgIpc) is 2.76. The number of hydrogen-bond donors (Lipinski definition) is 0. The minimum absolute atomic E-state index is 0.316. The van der Waals surface area contributed by atoms with Crippen LogP contribution in [0.2, 0.25) is 0 Å². The van der Waals surface area contributed by atoms with Crippen LogP contribution < -0.4 is 0 Å². The molecule has 2 atom stereocenters. The third-order valence-corrected chi connectivity index (χ3v) is 4.96. The molecular weight excluding hydrogens is 246 g/mol. The van der Waals surface area contributed by atoms with Gasteiger partial charge in [-0.25, -0.2) is 0 Å². The molecule has 1 aromatic rings. The van der Waals surface area contributed by atoms with Crippen LogP contribution in [0.15, 0.2) is 30.3 Å². The van der Waals surface area contributed by atoms with E-state index in [1.807, 2.05) is 0 Å². The number of benzene rings is 1. The van der Waals surface area contributed by atoms with Crippen molar-refractivity contribution >= 4 is 5.78 Å². The second-order valence-corrected chi connectivity index (χ2v) is 6.34. The van der Waals surface area contributed by atoms with Crippen molar-refractivity contribution < 1.29 is 4.79 Å². The van der Waals surface area contributed by atoms with Crippen LogP contribution in [0.25, 0.3) is 0 Å². The molecule has 0 unspecified atom stereocenters. The van der Waals surface area contributed by atoms with Crippen molar-refractivity contribution in [1.29, 1.82) is 0 Å². The van der Waals surface area contributed by atoms with Gasteiger partial charge in [0.2, 0.25) is 0 Å². The quantitative estimate of drug-likeness (QED) is 0.833. The summed E-state index contributed by atoms with van der Waals surface area (Å²) >= 11 is 0. The molecule has 1 saturated carbocycles. The highest BCUT2D eigenvalue weighted by atomic mass is 16.1. The second-order valence-electron chi connectivity index (χ2n) is 6.34. The van der Waals surface area contributed by atoms with Gasteiger partial charge in [-0.15, -0.1) is 0 Å². The molecule has 1 saturated heterocycles. The minimum atomic E-state index is 0.316. The van der Waals surface area contributed by atoms with E-state index in [-0.39, 0.29) is 0 Å². The van der Waals surface area contributed by atoms with Crippen LogP contribution in [-0.2, 0) is 11.3 Å². The molecule has 3 rings (SSSR count). The third kappa shape index (κ3) is 3.12. The number of carbonyl (C=O) groups excluding carboxylic acids is 1. The summed E-state index contributed by atoms with van der Waals surface area (Å²) in [5, 5.41) is 0. The summed E-state index contributed by atoms with van der Waals surface area (Å²) in [5.41, 5.74) is 1.38. The number of rotatable bonds is 3. The van der Waals surface area contributed by atoms with E-state index in [9.17, 15) is 4.79 Å². The molecular formula is C18H25NO. The first-order valence-electron chi connectivity index (χ1n) is 8.15. The molecule has 1 aliphatic heterocycles. The first kappa shape index (κ1) is 13.8. The molecule has 108 valence electrons. The molecule has 2 fully saturated rings. The van der Waals surface area contributed by atoms with Gasteiger partial charge in [0.15, 0.2) is 0 Å². The zero-order valence-corrected chi connectivity index (χ0v) is 12.3. The Labute approximate surface area is 122 Å². The van der Waals surface area contributed by atoms with Crippen molar-refractivity contribution in [3.05, 3.63) is 35.9 Å². The summed E-state index contributed by atoms with van der Waals surface area (Å²) in [4.78, 5) is 14.8. The molecule has 0 aromatic heterocycles. The maximum Gasteiger partial charge on any atom is 0.137 e. The average molecular weight is 271 g/mol. The summed E-state index contributed by atoms with van der Waals surface area (Å²) in [5.74, 6) is 0.840. The lowest BCUT2D eigenvalue weighted by Crippen LogP contribution is -2.41. The molecule has 0 N–H and O–H groups in total. The lowest BCUT2D eigenvalue weighted by Gasteiger charge is -2.33. The molecule has 0 amide bonds. The maximum atomic E-state index is 12.2. The molecule has 2 heteroatoms. The van der Waals surface area contributed by atoms with E-state index in [2.05, 4.69) is 35.2 Å². The molecule has 1 aliphatic carbocycles. The SMILES string of the molecule is O=C1CCC[C@@H]1[C@H]1CCCCCN1Cc1ccccc1. The number of nitrogens with zero attached hydrogens (tertiary/aromatic N) is 1. The van der Waals surface area contributed by atoms with Gasteiger partial charge in [-0.3, -0.25) is 9.69 Å². The van der Waals surface area contributed by atoms with Crippen LogP contribution >= 0.6 is 0 Å². The Hall–Kier alpha value is -1.15. The lowest BCUT2D eigenvalue weighted by molar-refractivity contribution is -0.122. The van der Waals surface area contributed by atoms with Gasteiger partial charge in [-0.05, 0) is 37.8 Å². The lowest BCUT2D eigenvalue weighted by atomic mass is 9.92. The van der Waals surface area contributed by atoms with Crippen LogP contribution in [0.5, 0.6) is 0 Å². The van der Waals surface area contributed by atoms with Crippen molar-refractivity contribution in [3.63, 3.8) is 0 Å². The summed E-state index contributed by atoms with van der Waals surface area (Å²) in [6.07, 6.45) is 8.16. The highest BCUT2D eigenvalue weighted by Crippen LogP contribution is 2.32. The zero-order valence-electron chi connectivity index (χ0n) is 12.3. The molecule has 0 radical (unpaired) electrons. The fourth-order valence-electron chi connectivity index (χ4n) is 3.91. The summed E-state index contributed by atoms with van der Waals surface area (Å²) < 4.78 is 0. The van der Waals surface area contributed by atoms with Crippen LogP contribution in [-0.4, -0.2) is 23.3 Å². The number of carbonyl (C=O) groups is 1. The van der Waals surface area contributed by atoms with Crippen LogP contribution in [0.3, 0.4) is 0 Å². The van der Waals surface area contributed by atoms with Crippen molar-refractivity contribution in [3.8, 4) is 0 Å². The maximum absolute atomic E-state index is 12.2. The van der Waals surface area contributed by atoms with E-state index in [0.717, 1.165) is 32.4 Å². The number of Topliss-reactive ketones (excluding diaryl/α,β-unsaturated/α-hetero) is 1.